The Morgan fingerprint density at radius 2 is 1.88 bits per heavy atom. The van der Waals surface area contributed by atoms with E-state index in [0.717, 1.165) is 9.86 Å². The Balaban J connectivity index is 0.000000324. The number of hydrogen-bond acceptors (Lipinski definition) is 5. The van der Waals surface area contributed by atoms with Crippen LogP contribution in [0.15, 0.2) is 28.6 Å². The van der Waals surface area contributed by atoms with Crippen LogP contribution in [0.4, 0.5) is 0 Å². The van der Waals surface area contributed by atoms with Crippen LogP contribution >= 0.6 is 23.6 Å². The first-order valence-electron chi connectivity index (χ1n) is 4.41. The Labute approximate surface area is 134 Å². The Morgan fingerprint density at radius 1 is 1.35 bits per heavy atom. The number of thiazole rings is 1. The summed E-state index contributed by atoms with van der Waals surface area (Å²) in [6.07, 6.45) is 0. The Morgan fingerprint density at radius 3 is 2.35 bits per heavy atom. The molecule has 7 heteroatoms. The smallest absolute Gasteiger partial charge is 0.411 e. The van der Waals surface area contributed by atoms with Crippen LogP contribution in [0.1, 0.15) is 0 Å². The van der Waals surface area contributed by atoms with Gasteiger partial charge in [0.1, 0.15) is 0 Å². The third kappa shape index (κ3) is 5.97. The molecule has 0 amide bonds. The van der Waals surface area contributed by atoms with Gasteiger partial charge in [0.05, 0.1) is 5.52 Å². The first kappa shape index (κ1) is 17.1. The van der Waals surface area contributed by atoms with Crippen LogP contribution in [-0.4, -0.2) is 28.3 Å². The summed E-state index contributed by atoms with van der Waals surface area (Å²) in [6, 6.07) is 7.97. The van der Waals surface area contributed by atoms with Crippen LogP contribution in [0.2, 0.25) is 0 Å². The van der Waals surface area contributed by atoms with Crippen molar-refractivity contribution in [3.8, 4) is 0 Å². The molecule has 1 aromatic carbocycles. The maximum absolute atomic E-state index is 4.92. The summed E-state index contributed by atoms with van der Waals surface area (Å²) in [5.41, 5.74) is 1.01. The first-order valence-corrected chi connectivity index (χ1v) is 6.45. The minimum absolute atomic E-state index is 0. The fourth-order valence-corrected chi connectivity index (χ4v) is 1.92. The van der Waals surface area contributed by atoms with E-state index in [-0.39, 0.29) is 19.5 Å². The molecule has 0 unspecified atom stereocenters. The van der Waals surface area contributed by atoms with E-state index in [0.29, 0.717) is 4.32 Å². The van der Waals surface area contributed by atoms with Crippen LogP contribution in [0.5, 0.6) is 0 Å². The largest absolute Gasteiger partial charge is 2.00 e. The van der Waals surface area contributed by atoms with Crippen LogP contribution in [0.25, 0.3) is 10.2 Å². The molecule has 86 valence electrons. The SMILES string of the molecule is CN(C)C(=S)[S-].[S-]c1nc2ccccc2s1.[Zn+2]. The van der Waals surface area contributed by atoms with Crippen molar-refractivity contribution in [3.05, 3.63) is 24.3 Å². The molecule has 0 aliphatic rings. The second-order valence-electron chi connectivity index (χ2n) is 3.11. The van der Waals surface area contributed by atoms with Crippen molar-refractivity contribution in [3.63, 3.8) is 0 Å². The van der Waals surface area contributed by atoms with E-state index in [9.17, 15) is 0 Å². The van der Waals surface area contributed by atoms with Crippen molar-refractivity contribution in [2.45, 2.75) is 4.34 Å². The molecule has 0 saturated carbocycles. The van der Waals surface area contributed by atoms with Gasteiger partial charge in [-0.25, -0.2) is 0 Å². The van der Waals surface area contributed by atoms with E-state index in [4.69, 9.17) is 12.6 Å². The molecule has 2 aromatic rings. The van der Waals surface area contributed by atoms with E-state index in [1.165, 1.54) is 4.70 Å². The summed E-state index contributed by atoms with van der Waals surface area (Å²) in [5, 5.41) is 0. The number of rotatable bonds is 0. The van der Waals surface area contributed by atoms with E-state index < -0.39 is 0 Å². The van der Waals surface area contributed by atoms with Crippen LogP contribution in [-0.2, 0) is 44.7 Å². The molecule has 2 rings (SSSR count). The molecule has 1 aromatic heterocycles. The van der Waals surface area contributed by atoms with Gasteiger partial charge < -0.3 is 53.7 Å². The predicted molar refractivity (Wildman–Crippen MR) is 78.9 cm³/mol. The van der Waals surface area contributed by atoms with Crippen molar-refractivity contribution in [1.29, 1.82) is 0 Å². The van der Waals surface area contributed by atoms with Gasteiger partial charge in [0.25, 0.3) is 0 Å². The van der Waals surface area contributed by atoms with Crippen molar-refractivity contribution in [2.75, 3.05) is 14.1 Å². The number of fused-ring (bicyclic) bond motifs is 1. The van der Waals surface area contributed by atoms with E-state index in [1.807, 2.05) is 38.4 Å². The van der Waals surface area contributed by atoms with Gasteiger partial charge in [-0.05, 0) is 15.1 Å². The molecule has 0 N–H and O–H groups in total. The van der Waals surface area contributed by atoms with E-state index >= 15 is 0 Å². The second kappa shape index (κ2) is 8.22. The molecule has 0 radical (unpaired) electrons. The molecule has 0 fully saturated rings. The first-order chi connectivity index (χ1) is 7.50. The summed E-state index contributed by atoms with van der Waals surface area (Å²) >= 11 is 15.6. The zero-order chi connectivity index (χ0) is 12.1. The van der Waals surface area contributed by atoms with Gasteiger partial charge in [0.2, 0.25) is 0 Å². The second-order valence-corrected chi connectivity index (χ2v) is 5.82. The molecule has 0 aliphatic carbocycles. The van der Waals surface area contributed by atoms with Crippen molar-refractivity contribution < 1.29 is 19.5 Å². The average molecular weight is 352 g/mol. The fourth-order valence-electron chi connectivity index (χ4n) is 0.851. The normalized spacial score (nSPS) is 8.82. The minimum atomic E-state index is 0. The van der Waals surface area contributed by atoms with Crippen LogP contribution in [0, 0.1) is 0 Å². The maximum atomic E-state index is 4.92. The standard InChI is InChI=1S/C7H5NS2.C3H7NS2.Zn/c9-7-8-5-3-1-2-4-6(5)10-7;1-4(2)3(5)6;/h1-4H,(H,8,9);1-2H3,(H,5,6);/q;;+2/p-2. The average Bonchev–Trinajstić information content (AvgIpc) is 2.58. The van der Waals surface area contributed by atoms with Gasteiger partial charge in [-0.3, -0.25) is 4.98 Å². The third-order valence-electron chi connectivity index (χ3n) is 1.64. The van der Waals surface area contributed by atoms with Crippen LogP contribution in [0.3, 0.4) is 0 Å². The van der Waals surface area contributed by atoms with E-state index in [1.54, 1.807) is 16.2 Å². The quantitative estimate of drug-likeness (QED) is 0.411. The fraction of sp³-hybridized carbons (Fsp3) is 0.200. The molecule has 1 heterocycles. The Bertz CT molecular complexity index is 451. The van der Waals surface area contributed by atoms with Gasteiger partial charge in [-0.1, -0.05) is 22.5 Å². The van der Waals surface area contributed by atoms with Gasteiger partial charge in [0.15, 0.2) is 0 Å². The zero-order valence-corrected chi connectivity index (χ0v) is 15.8. The number of nitrogens with zero attached hydrogens (tertiary/aromatic N) is 2. The molecule has 0 aliphatic heterocycles. The molecular weight excluding hydrogens is 342 g/mol. The summed E-state index contributed by atoms with van der Waals surface area (Å²) < 4.78 is 2.41. The number of hydrogen-bond donors (Lipinski definition) is 0. The van der Waals surface area contributed by atoms with Crippen molar-refractivity contribution in [1.82, 2.24) is 9.88 Å². The topological polar surface area (TPSA) is 16.1 Å². The maximum Gasteiger partial charge on any atom is 2.00 e. The van der Waals surface area contributed by atoms with Crippen molar-refractivity contribution >= 4 is 63.3 Å². The number of para-hydroxylation sites is 1. The predicted octanol–water partition coefficient (Wildman–Crippen LogP) is 2.58. The van der Waals surface area contributed by atoms with E-state index in [2.05, 4.69) is 29.8 Å². The minimum Gasteiger partial charge on any atom is -0.411 e. The van der Waals surface area contributed by atoms with Gasteiger partial charge in [-0.15, -0.1) is 0 Å². The molecule has 2 nitrogen and oxygen atoms in total. The summed E-state index contributed by atoms with van der Waals surface area (Å²) in [4.78, 5) is 5.86. The molecule has 0 spiro atoms. The Kier molecular flexibility index (Phi) is 8.25. The zero-order valence-electron chi connectivity index (χ0n) is 9.54. The monoisotopic (exact) mass is 350 g/mol. The number of aromatic nitrogens is 1. The Hall–Kier alpha value is 0.0634. The molecule has 17 heavy (non-hydrogen) atoms. The number of thiocarbonyl (C=S) groups is 1. The summed E-state index contributed by atoms with van der Waals surface area (Å²) in [6.45, 7) is 0. The molecule has 0 atom stereocenters. The van der Waals surface area contributed by atoms with Gasteiger partial charge in [-0.2, -0.15) is 0 Å². The third-order valence-corrected chi connectivity index (χ3v) is 3.54. The van der Waals surface area contributed by atoms with Crippen molar-refractivity contribution in [2.24, 2.45) is 0 Å². The molecule has 0 bridgehead atoms. The summed E-state index contributed by atoms with van der Waals surface area (Å²) in [7, 11) is 3.66. The van der Waals surface area contributed by atoms with Crippen LogP contribution < -0.4 is 0 Å². The molecule has 0 saturated heterocycles. The van der Waals surface area contributed by atoms with Gasteiger partial charge in [0, 0.05) is 14.1 Å². The number of benzene rings is 1. The van der Waals surface area contributed by atoms with Gasteiger partial charge >= 0.3 is 19.5 Å². The summed E-state index contributed by atoms with van der Waals surface area (Å²) in [5.74, 6) is 0. The molecular formula is C10H10N2S4Zn.